The summed E-state index contributed by atoms with van der Waals surface area (Å²) in [5, 5.41) is 12.6. The van der Waals surface area contributed by atoms with E-state index >= 15 is 0 Å². The first-order valence-electron chi connectivity index (χ1n) is 7.56. The van der Waals surface area contributed by atoms with Gasteiger partial charge in [0.1, 0.15) is 17.2 Å². The van der Waals surface area contributed by atoms with Gasteiger partial charge in [0.15, 0.2) is 0 Å². The molecule has 120 valence electrons. The number of anilines is 1. The van der Waals surface area contributed by atoms with Crippen LogP contribution in [0.15, 0.2) is 72.8 Å². The van der Waals surface area contributed by atoms with E-state index in [-0.39, 0.29) is 11.7 Å². The first kappa shape index (κ1) is 15.6. The number of phenols is 1. The lowest BCUT2D eigenvalue weighted by Crippen LogP contribution is -2.12. The fraction of sp³-hybridized carbons (Fsp3) is 0.0500. The molecule has 0 aliphatic carbocycles. The Kier molecular flexibility index (Phi) is 4.47. The van der Waals surface area contributed by atoms with Crippen LogP contribution in [0.1, 0.15) is 15.9 Å². The first-order valence-corrected chi connectivity index (χ1v) is 7.56. The molecule has 4 nitrogen and oxygen atoms in total. The van der Waals surface area contributed by atoms with Crippen LogP contribution in [0.2, 0.25) is 0 Å². The zero-order valence-electron chi connectivity index (χ0n) is 13.2. The van der Waals surface area contributed by atoms with Crippen molar-refractivity contribution in [3.05, 3.63) is 83.9 Å². The quantitative estimate of drug-likeness (QED) is 0.683. The molecule has 0 bridgehead atoms. The molecule has 1 amide bonds. The van der Waals surface area contributed by atoms with Crippen LogP contribution in [0.25, 0.3) is 0 Å². The van der Waals surface area contributed by atoms with Crippen LogP contribution in [-0.4, -0.2) is 11.0 Å². The Hall–Kier alpha value is -3.27. The minimum absolute atomic E-state index is 0.0417. The molecule has 0 aliphatic rings. The van der Waals surface area contributed by atoms with Gasteiger partial charge in [0, 0.05) is 5.56 Å². The highest BCUT2D eigenvalue weighted by Crippen LogP contribution is 2.28. The first-order chi connectivity index (χ1) is 11.6. The second kappa shape index (κ2) is 6.87. The number of hydrogen-bond donors (Lipinski definition) is 2. The molecule has 2 N–H and O–H groups in total. The van der Waals surface area contributed by atoms with Crippen molar-refractivity contribution in [3.8, 4) is 17.2 Å². The Morgan fingerprint density at radius 2 is 1.62 bits per heavy atom. The number of carbonyl (C=O) groups is 1. The van der Waals surface area contributed by atoms with Gasteiger partial charge in [-0.1, -0.05) is 36.4 Å². The summed E-state index contributed by atoms with van der Waals surface area (Å²) in [6.07, 6.45) is 0. The zero-order valence-corrected chi connectivity index (χ0v) is 13.2. The number of phenolic OH excluding ortho intramolecular Hbond substituents is 1. The molecule has 0 radical (unpaired) electrons. The SMILES string of the molecule is Cc1cccc(O)c1NC(=O)c1cccc(Oc2ccccc2)c1. The second-order valence-electron chi connectivity index (χ2n) is 5.37. The van der Waals surface area contributed by atoms with Gasteiger partial charge in [0.25, 0.3) is 5.91 Å². The van der Waals surface area contributed by atoms with E-state index in [0.717, 1.165) is 5.56 Å². The van der Waals surface area contributed by atoms with E-state index in [4.69, 9.17) is 4.74 Å². The predicted octanol–water partition coefficient (Wildman–Crippen LogP) is 4.75. The molecule has 3 rings (SSSR count). The van der Waals surface area contributed by atoms with Gasteiger partial charge < -0.3 is 15.2 Å². The molecule has 0 unspecified atom stereocenters. The van der Waals surface area contributed by atoms with Crippen LogP contribution in [0.3, 0.4) is 0 Å². The van der Waals surface area contributed by atoms with Gasteiger partial charge in [0.2, 0.25) is 0 Å². The molecule has 0 atom stereocenters. The van der Waals surface area contributed by atoms with Gasteiger partial charge in [0.05, 0.1) is 5.69 Å². The number of aryl methyl sites for hydroxylation is 1. The summed E-state index contributed by atoms with van der Waals surface area (Å²) in [7, 11) is 0. The van der Waals surface area contributed by atoms with Crippen LogP contribution in [0.4, 0.5) is 5.69 Å². The maximum atomic E-state index is 12.4. The van der Waals surface area contributed by atoms with Gasteiger partial charge in [-0.2, -0.15) is 0 Å². The smallest absolute Gasteiger partial charge is 0.255 e. The molecule has 4 heteroatoms. The molecule has 0 aromatic heterocycles. The van der Waals surface area contributed by atoms with Crippen LogP contribution in [0.5, 0.6) is 17.2 Å². The van der Waals surface area contributed by atoms with E-state index in [1.165, 1.54) is 6.07 Å². The summed E-state index contributed by atoms with van der Waals surface area (Å²) in [5.74, 6) is 1.01. The zero-order chi connectivity index (χ0) is 16.9. The maximum absolute atomic E-state index is 12.4. The van der Waals surface area contributed by atoms with E-state index in [0.29, 0.717) is 22.7 Å². The van der Waals surface area contributed by atoms with Crippen molar-refractivity contribution in [2.24, 2.45) is 0 Å². The van der Waals surface area contributed by atoms with Crippen molar-refractivity contribution in [1.82, 2.24) is 0 Å². The number of benzene rings is 3. The van der Waals surface area contributed by atoms with Crippen LogP contribution < -0.4 is 10.1 Å². The summed E-state index contributed by atoms with van der Waals surface area (Å²) in [4.78, 5) is 12.4. The molecule has 0 spiro atoms. The van der Waals surface area contributed by atoms with Crippen LogP contribution >= 0.6 is 0 Å². The second-order valence-corrected chi connectivity index (χ2v) is 5.37. The molecular formula is C20H17NO3. The Bertz CT molecular complexity index is 840. The number of para-hydroxylation sites is 2. The summed E-state index contributed by atoms with van der Waals surface area (Å²) in [5.41, 5.74) is 1.66. The standard InChI is InChI=1S/C20H17NO3/c1-14-7-5-12-18(22)19(14)21-20(23)15-8-6-11-17(13-15)24-16-9-3-2-4-10-16/h2-13,22H,1H3,(H,21,23). The summed E-state index contributed by atoms with van der Waals surface area (Å²) in [6.45, 7) is 1.82. The van der Waals surface area contributed by atoms with E-state index < -0.39 is 0 Å². The lowest BCUT2D eigenvalue weighted by Gasteiger charge is -2.11. The van der Waals surface area contributed by atoms with Crippen molar-refractivity contribution in [2.75, 3.05) is 5.32 Å². The molecule has 24 heavy (non-hydrogen) atoms. The van der Waals surface area contributed by atoms with Crippen LogP contribution in [0, 0.1) is 6.92 Å². The predicted molar refractivity (Wildman–Crippen MR) is 93.8 cm³/mol. The normalized spacial score (nSPS) is 10.2. The lowest BCUT2D eigenvalue weighted by atomic mass is 10.1. The Labute approximate surface area is 140 Å². The number of amides is 1. The van der Waals surface area contributed by atoms with Gasteiger partial charge >= 0.3 is 0 Å². The Morgan fingerprint density at radius 3 is 2.38 bits per heavy atom. The summed E-state index contributed by atoms with van der Waals surface area (Å²) < 4.78 is 5.74. The Morgan fingerprint density at radius 1 is 0.917 bits per heavy atom. The van der Waals surface area contributed by atoms with Crippen molar-refractivity contribution < 1.29 is 14.6 Å². The van der Waals surface area contributed by atoms with E-state index in [2.05, 4.69) is 5.32 Å². The number of aromatic hydroxyl groups is 1. The van der Waals surface area contributed by atoms with E-state index in [9.17, 15) is 9.90 Å². The molecule has 3 aromatic carbocycles. The van der Waals surface area contributed by atoms with Crippen molar-refractivity contribution in [2.45, 2.75) is 6.92 Å². The fourth-order valence-corrected chi connectivity index (χ4v) is 2.33. The maximum Gasteiger partial charge on any atom is 0.255 e. The van der Waals surface area contributed by atoms with Crippen molar-refractivity contribution in [1.29, 1.82) is 0 Å². The van der Waals surface area contributed by atoms with Crippen LogP contribution in [-0.2, 0) is 0 Å². The molecular weight excluding hydrogens is 302 g/mol. The van der Waals surface area contributed by atoms with Gasteiger partial charge in [-0.05, 0) is 48.9 Å². The average molecular weight is 319 g/mol. The largest absolute Gasteiger partial charge is 0.506 e. The van der Waals surface area contributed by atoms with E-state index in [1.54, 1.807) is 30.3 Å². The molecule has 0 saturated carbocycles. The monoisotopic (exact) mass is 319 g/mol. The molecule has 3 aromatic rings. The molecule has 0 saturated heterocycles. The minimum atomic E-state index is -0.307. The molecule has 0 fully saturated rings. The highest BCUT2D eigenvalue weighted by molar-refractivity contribution is 6.05. The number of nitrogens with one attached hydrogen (secondary N) is 1. The number of carbonyl (C=O) groups excluding carboxylic acids is 1. The van der Waals surface area contributed by atoms with Gasteiger partial charge in [-0.15, -0.1) is 0 Å². The number of ether oxygens (including phenoxy) is 1. The summed E-state index contributed by atoms with van der Waals surface area (Å²) in [6, 6.07) is 21.4. The van der Waals surface area contributed by atoms with Crippen molar-refractivity contribution >= 4 is 11.6 Å². The highest BCUT2D eigenvalue weighted by atomic mass is 16.5. The third-order valence-electron chi connectivity index (χ3n) is 3.56. The highest BCUT2D eigenvalue weighted by Gasteiger charge is 2.11. The Balaban J connectivity index is 1.80. The molecule has 0 aliphatic heterocycles. The third-order valence-corrected chi connectivity index (χ3v) is 3.56. The minimum Gasteiger partial charge on any atom is -0.506 e. The lowest BCUT2D eigenvalue weighted by molar-refractivity contribution is 0.102. The number of hydrogen-bond acceptors (Lipinski definition) is 3. The fourth-order valence-electron chi connectivity index (χ4n) is 2.33. The van der Waals surface area contributed by atoms with Gasteiger partial charge in [-0.3, -0.25) is 4.79 Å². The van der Waals surface area contributed by atoms with Crippen molar-refractivity contribution in [3.63, 3.8) is 0 Å². The third kappa shape index (κ3) is 3.55. The molecule has 0 heterocycles. The van der Waals surface area contributed by atoms with Gasteiger partial charge in [-0.25, -0.2) is 0 Å². The topological polar surface area (TPSA) is 58.6 Å². The summed E-state index contributed by atoms with van der Waals surface area (Å²) >= 11 is 0. The average Bonchev–Trinajstić information content (AvgIpc) is 2.59. The van der Waals surface area contributed by atoms with E-state index in [1.807, 2.05) is 43.3 Å². The number of rotatable bonds is 4.